The van der Waals surface area contributed by atoms with E-state index < -0.39 is 0 Å². The van der Waals surface area contributed by atoms with Crippen LogP contribution in [0.15, 0.2) is 22.7 Å². The van der Waals surface area contributed by atoms with Gasteiger partial charge in [0.15, 0.2) is 5.82 Å². The minimum atomic E-state index is -0.118. The Hall–Kier alpha value is -2.21. The van der Waals surface area contributed by atoms with E-state index in [0.29, 0.717) is 11.7 Å². The number of hydrogen-bond donors (Lipinski definition) is 1. The molecule has 0 fully saturated rings. The number of nitrogens with zero attached hydrogens (tertiary/aromatic N) is 3. The molecule has 1 heterocycles. The maximum absolute atomic E-state index is 12.3. The van der Waals surface area contributed by atoms with E-state index in [1.807, 2.05) is 57.8 Å². The van der Waals surface area contributed by atoms with Crippen LogP contribution < -0.4 is 5.32 Å². The number of aryl methyl sites for hydroxylation is 2. The first-order valence-corrected chi connectivity index (χ1v) is 7.81. The molecule has 2 aromatic rings. The number of aromatic nitrogens is 2. The molecule has 0 saturated heterocycles. The Morgan fingerprint density at radius 2 is 2.13 bits per heavy atom. The van der Waals surface area contributed by atoms with Crippen molar-refractivity contribution in [2.45, 2.75) is 40.2 Å². The fraction of sp³-hybridized carbons (Fsp3) is 0.471. The number of carbonyl (C=O) groups is 1. The molecule has 0 saturated carbocycles. The van der Waals surface area contributed by atoms with E-state index >= 15 is 0 Å². The van der Waals surface area contributed by atoms with E-state index in [-0.39, 0.29) is 18.5 Å². The second kappa shape index (κ2) is 7.37. The summed E-state index contributed by atoms with van der Waals surface area (Å²) in [5, 5.41) is 6.85. The molecule has 124 valence electrons. The molecule has 6 heteroatoms. The monoisotopic (exact) mass is 316 g/mol. The zero-order valence-electron chi connectivity index (χ0n) is 14.4. The minimum Gasteiger partial charge on any atom is -0.338 e. The highest BCUT2D eigenvalue weighted by atomic mass is 16.5. The molecule has 0 aliphatic heterocycles. The van der Waals surface area contributed by atoms with Gasteiger partial charge in [-0.15, -0.1) is 0 Å². The lowest BCUT2D eigenvalue weighted by molar-refractivity contribution is -0.117. The molecule has 1 atom stereocenters. The summed E-state index contributed by atoms with van der Waals surface area (Å²) in [5.74, 6) is 1.15. The summed E-state index contributed by atoms with van der Waals surface area (Å²) in [6, 6.07) is 5.76. The molecule has 1 aromatic heterocycles. The quantitative estimate of drug-likeness (QED) is 0.887. The smallest absolute Gasteiger partial charge is 0.243 e. The maximum Gasteiger partial charge on any atom is 0.243 e. The van der Waals surface area contributed by atoms with Crippen LogP contribution in [-0.4, -0.2) is 34.5 Å². The van der Waals surface area contributed by atoms with Crippen LogP contribution in [0.1, 0.15) is 42.7 Å². The van der Waals surface area contributed by atoms with Gasteiger partial charge in [-0.3, -0.25) is 9.69 Å². The Bertz CT molecular complexity index is 681. The normalized spacial score (nSPS) is 12.4. The Labute approximate surface area is 136 Å². The molecule has 0 bridgehead atoms. The molecular formula is C17H24N4O2. The van der Waals surface area contributed by atoms with Crippen molar-refractivity contribution in [1.29, 1.82) is 0 Å². The molecule has 0 unspecified atom stereocenters. The molecule has 1 aromatic carbocycles. The van der Waals surface area contributed by atoms with E-state index in [9.17, 15) is 4.79 Å². The summed E-state index contributed by atoms with van der Waals surface area (Å²) in [6.07, 6.45) is 0.729. The highest BCUT2D eigenvalue weighted by Crippen LogP contribution is 2.19. The average Bonchev–Trinajstić information content (AvgIpc) is 3.00. The molecule has 1 N–H and O–H groups in total. The van der Waals surface area contributed by atoms with E-state index in [4.69, 9.17) is 4.52 Å². The van der Waals surface area contributed by atoms with Gasteiger partial charge < -0.3 is 9.84 Å². The van der Waals surface area contributed by atoms with E-state index in [2.05, 4.69) is 15.5 Å². The number of anilines is 1. The van der Waals surface area contributed by atoms with Gasteiger partial charge in [0.1, 0.15) is 0 Å². The van der Waals surface area contributed by atoms with Gasteiger partial charge in [0.2, 0.25) is 11.8 Å². The molecular weight excluding hydrogens is 292 g/mol. The molecule has 2 rings (SSSR count). The number of benzene rings is 1. The van der Waals surface area contributed by atoms with Gasteiger partial charge in [-0.25, -0.2) is 0 Å². The highest BCUT2D eigenvalue weighted by Gasteiger charge is 2.20. The third kappa shape index (κ3) is 4.16. The van der Waals surface area contributed by atoms with Crippen LogP contribution in [0.3, 0.4) is 0 Å². The summed E-state index contributed by atoms with van der Waals surface area (Å²) in [7, 11) is 1.86. The van der Waals surface area contributed by atoms with Gasteiger partial charge in [-0.05, 0) is 45.0 Å². The third-order valence-corrected chi connectivity index (χ3v) is 4.09. The SMILES string of the molecule is CCc1noc([C@H](C)N(C)CC(=O)Nc2cccc(C)c2C)n1. The lowest BCUT2D eigenvalue weighted by Crippen LogP contribution is -2.32. The van der Waals surface area contributed by atoms with Gasteiger partial charge in [0.05, 0.1) is 12.6 Å². The lowest BCUT2D eigenvalue weighted by Gasteiger charge is -2.21. The van der Waals surface area contributed by atoms with Crippen molar-refractivity contribution >= 4 is 11.6 Å². The third-order valence-electron chi connectivity index (χ3n) is 4.09. The molecule has 1 amide bonds. The van der Waals surface area contributed by atoms with Crippen molar-refractivity contribution < 1.29 is 9.32 Å². The Balaban J connectivity index is 1.97. The van der Waals surface area contributed by atoms with Crippen LogP contribution in [0, 0.1) is 13.8 Å². The van der Waals surface area contributed by atoms with Crippen molar-refractivity contribution in [3.63, 3.8) is 0 Å². The van der Waals surface area contributed by atoms with E-state index in [1.54, 1.807) is 0 Å². The zero-order valence-corrected chi connectivity index (χ0v) is 14.4. The second-order valence-corrected chi connectivity index (χ2v) is 5.79. The number of amides is 1. The van der Waals surface area contributed by atoms with Crippen LogP contribution in [0.4, 0.5) is 5.69 Å². The van der Waals surface area contributed by atoms with Crippen LogP contribution >= 0.6 is 0 Å². The van der Waals surface area contributed by atoms with Crippen molar-refractivity contribution in [2.24, 2.45) is 0 Å². The van der Waals surface area contributed by atoms with Crippen molar-refractivity contribution in [1.82, 2.24) is 15.0 Å². The Morgan fingerprint density at radius 1 is 1.39 bits per heavy atom. The number of carbonyl (C=O) groups excluding carboxylic acids is 1. The average molecular weight is 316 g/mol. The van der Waals surface area contributed by atoms with Crippen molar-refractivity contribution in [2.75, 3.05) is 18.9 Å². The predicted molar refractivity (Wildman–Crippen MR) is 89.3 cm³/mol. The zero-order chi connectivity index (χ0) is 17.0. The topological polar surface area (TPSA) is 71.3 Å². The first kappa shape index (κ1) is 17.1. The number of likely N-dealkylation sites (N-methyl/N-ethyl adjacent to an activating group) is 1. The Kier molecular flexibility index (Phi) is 5.50. The number of hydrogen-bond acceptors (Lipinski definition) is 5. The number of rotatable bonds is 6. The molecule has 0 aliphatic rings. The first-order valence-electron chi connectivity index (χ1n) is 7.81. The van der Waals surface area contributed by atoms with Gasteiger partial charge in [-0.2, -0.15) is 4.98 Å². The molecule has 0 radical (unpaired) electrons. The summed E-state index contributed by atoms with van der Waals surface area (Å²) >= 11 is 0. The van der Waals surface area contributed by atoms with Crippen LogP contribution in [0.5, 0.6) is 0 Å². The summed E-state index contributed by atoms with van der Waals surface area (Å²) in [6.45, 7) is 8.19. The van der Waals surface area contributed by atoms with Crippen LogP contribution in [-0.2, 0) is 11.2 Å². The second-order valence-electron chi connectivity index (χ2n) is 5.79. The summed E-state index contributed by atoms with van der Waals surface area (Å²) < 4.78 is 5.24. The Morgan fingerprint density at radius 3 is 2.78 bits per heavy atom. The van der Waals surface area contributed by atoms with E-state index in [1.165, 1.54) is 0 Å². The van der Waals surface area contributed by atoms with Gasteiger partial charge in [0.25, 0.3) is 0 Å². The standard InChI is InChI=1S/C17H24N4O2/c1-6-15-19-17(23-20-15)13(4)21(5)10-16(22)18-14-9-7-8-11(2)12(14)3/h7-9,13H,6,10H2,1-5H3,(H,18,22)/t13-/m0/s1. The highest BCUT2D eigenvalue weighted by molar-refractivity contribution is 5.93. The molecule has 23 heavy (non-hydrogen) atoms. The van der Waals surface area contributed by atoms with Crippen LogP contribution in [0.2, 0.25) is 0 Å². The first-order chi connectivity index (χ1) is 10.9. The summed E-state index contributed by atoms with van der Waals surface area (Å²) in [4.78, 5) is 18.5. The lowest BCUT2D eigenvalue weighted by atomic mass is 10.1. The molecule has 6 nitrogen and oxygen atoms in total. The largest absolute Gasteiger partial charge is 0.338 e. The fourth-order valence-electron chi connectivity index (χ4n) is 2.21. The van der Waals surface area contributed by atoms with Gasteiger partial charge in [0, 0.05) is 12.1 Å². The predicted octanol–water partition coefficient (Wildman–Crippen LogP) is 2.88. The maximum atomic E-state index is 12.3. The minimum absolute atomic E-state index is 0.0664. The van der Waals surface area contributed by atoms with Crippen LogP contribution in [0.25, 0.3) is 0 Å². The van der Waals surface area contributed by atoms with Gasteiger partial charge in [-0.1, -0.05) is 24.2 Å². The summed E-state index contributed by atoms with van der Waals surface area (Å²) in [5.41, 5.74) is 3.09. The van der Waals surface area contributed by atoms with Crippen molar-refractivity contribution in [3.05, 3.63) is 41.0 Å². The molecule has 0 aliphatic carbocycles. The fourth-order valence-corrected chi connectivity index (χ4v) is 2.21. The molecule has 0 spiro atoms. The van der Waals surface area contributed by atoms with Gasteiger partial charge >= 0.3 is 0 Å². The van der Waals surface area contributed by atoms with E-state index in [0.717, 1.165) is 23.2 Å². The number of nitrogens with one attached hydrogen (secondary N) is 1. The van der Waals surface area contributed by atoms with Crippen molar-refractivity contribution in [3.8, 4) is 0 Å².